The Kier molecular flexibility index (Phi) is 4.55. The third-order valence-electron chi connectivity index (χ3n) is 4.15. The first-order chi connectivity index (χ1) is 11.9. The average Bonchev–Trinajstić information content (AvgIpc) is 2.95. The van der Waals surface area contributed by atoms with Gasteiger partial charge in [0.2, 0.25) is 5.91 Å². The molecule has 1 aromatic carbocycles. The van der Waals surface area contributed by atoms with Crippen LogP contribution in [0.15, 0.2) is 29.4 Å². The standard InChI is InChI=1S/C16H16N4O4S/c17-9-11-1-3-12(4-2-11)18-16(22)14-5-6-15(21)20(19-14)13-7-8-25(23,24)10-13/h1-4,13H,5-8,10H2,(H,18,22)/t13-/m1/s1. The summed E-state index contributed by atoms with van der Waals surface area (Å²) in [6.45, 7) is 0. The monoisotopic (exact) mass is 360 g/mol. The first-order valence-corrected chi connectivity index (χ1v) is 9.61. The molecule has 130 valence electrons. The maximum absolute atomic E-state index is 12.4. The number of benzene rings is 1. The summed E-state index contributed by atoms with van der Waals surface area (Å²) < 4.78 is 23.2. The minimum atomic E-state index is -3.15. The number of anilines is 1. The Labute approximate surface area is 145 Å². The second kappa shape index (κ2) is 6.64. The van der Waals surface area contributed by atoms with E-state index in [4.69, 9.17) is 5.26 Å². The van der Waals surface area contributed by atoms with E-state index in [1.54, 1.807) is 24.3 Å². The van der Waals surface area contributed by atoms with Crippen molar-refractivity contribution in [3.05, 3.63) is 29.8 Å². The van der Waals surface area contributed by atoms with Gasteiger partial charge in [-0.1, -0.05) is 0 Å². The predicted octanol–water partition coefficient (Wildman–Crippen LogP) is 0.662. The summed E-state index contributed by atoms with van der Waals surface area (Å²) in [5, 5.41) is 16.7. The molecule has 2 amide bonds. The number of nitrogens with one attached hydrogen (secondary N) is 1. The SMILES string of the molecule is N#Cc1ccc(NC(=O)C2=NN([C@@H]3CCS(=O)(=O)C3)C(=O)CC2)cc1. The van der Waals surface area contributed by atoms with E-state index in [-0.39, 0.29) is 36.0 Å². The highest BCUT2D eigenvalue weighted by atomic mass is 32.2. The number of hydrogen-bond donors (Lipinski definition) is 1. The molecule has 1 N–H and O–H groups in total. The first-order valence-electron chi connectivity index (χ1n) is 7.79. The summed E-state index contributed by atoms with van der Waals surface area (Å²) >= 11 is 0. The van der Waals surface area contributed by atoms with E-state index in [2.05, 4.69) is 10.4 Å². The van der Waals surface area contributed by atoms with Gasteiger partial charge in [-0.15, -0.1) is 0 Å². The molecule has 1 atom stereocenters. The van der Waals surface area contributed by atoms with E-state index < -0.39 is 21.8 Å². The fourth-order valence-electron chi connectivity index (χ4n) is 2.82. The lowest BCUT2D eigenvalue weighted by atomic mass is 10.1. The van der Waals surface area contributed by atoms with E-state index in [1.165, 1.54) is 0 Å². The number of carbonyl (C=O) groups excluding carboxylic acids is 2. The molecular formula is C16H16N4O4S. The summed E-state index contributed by atoms with van der Waals surface area (Å²) in [4.78, 5) is 24.4. The van der Waals surface area contributed by atoms with Crippen molar-refractivity contribution in [3.8, 4) is 6.07 Å². The topological polar surface area (TPSA) is 120 Å². The Morgan fingerprint density at radius 2 is 2.00 bits per heavy atom. The number of rotatable bonds is 3. The maximum Gasteiger partial charge on any atom is 0.271 e. The van der Waals surface area contributed by atoms with Gasteiger partial charge in [-0.25, -0.2) is 13.4 Å². The van der Waals surface area contributed by atoms with E-state index >= 15 is 0 Å². The second-order valence-electron chi connectivity index (χ2n) is 5.99. The molecule has 1 saturated heterocycles. The summed E-state index contributed by atoms with van der Waals surface area (Å²) in [5.41, 5.74) is 1.18. The highest BCUT2D eigenvalue weighted by Gasteiger charge is 2.37. The Morgan fingerprint density at radius 1 is 1.28 bits per heavy atom. The zero-order valence-corrected chi connectivity index (χ0v) is 14.1. The van der Waals surface area contributed by atoms with Gasteiger partial charge in [-0.3, -0.25) is 9.59 Å². The van der Waals surface area contributed by atoms with Crippen molar-refractivity contribution in [2.45, 2.75) is 25.3 Å². The molecule has 1 fully saturated rings. The van der Waals surface area contributed by atoms with E-state index in [9.17, 15) is 18.0 Å². The highest BCUT2D eigenvalue weighted by molar-refractivity contribution is 7.91. The van der Waals surface area contributed by atoms with Crippen LogP contribution in [0.25, 0.3) is 0 Å². The number of nitriles is 1. The van der Waals surface area contributed by atoms with Gasteiger partial charge in [0.1, 0.15) is 5.71 Å². The van der Waals surface area contributed by atoms with Gasteiger partial charge < -0.3 is 5.32 Å². The van der Waals surface area contributed by atoms with Crippen molar-refractivity contribution in [2.75, 3.05) is 16.8 Å². The first kappa shape index (κ1) is 17.1. The fourth-order valence-corrected chi connectivity index (χ4v) is 4.51. The van der Waals surface area contributed by atoms with Crippen LogP contribution in [0.1, 0.15) is 24.8 Å². The molecule has 1 aromatic rings. The second-order valence-corrected chi connectivity index (χ2v) is 8.21. The third-order valence-corrected chi connectivity index (χ3v) is 5.90. The van der Waals surface area contributed by atoms with Gasteiger partial charge in [-0.05, 0) is 30.7 Å². The van der Waals surface area contributed by atoms with Crippen molar-refractivity contribution >= 4 is 33.1 Å². The summed E-state index contributed by atoms with van der Waals surface area (Å²) in [6.07, 6.45) is 0.662. The molecule has 0 aliphatic carbocycles. The molecule has 0 aromatic heterocycles. The van der Waals surface area contributed by atoms with Crippen LogP contribution in [-0.4, -0.2) is 48.5 Å². The number of amides is 2. The van der Waals surface area contributed by atoms with Crippen LogP contribution in [-0.2, 0) is 19.4 Å². The lowest BCUT2D eigenvalue weighted by molar-refractivity contribution is -0.133. The maximum atomic E-state index is 12.4. The zero-order valence-electron chi connectivity index (χ0n) is 13.3. The Balaban J connectivity index is 1.74. The van der Waals surface area contributed by atoms with Gasteiger partial charge in [0.05, 0.1) is 29.2 Å². The Bertz CT molecular complexity index is 884. The van der Waals surface area contributed by atoms with Crippen LogP contribution in [0.5, 0.6) is 0 Å². The molecule has 8 nitrogen and oxygen atoms in total. The van der Waals surface area contributed by atoms with Gasteiger partial charge >= 0.3 is 0 Å². The largest absolute Gasteiger partial charge is 0.321 e. The summed E-state index contributed by atoms with van der Waals surface area (Å²) in [5.74, 6) is -0.795. The molecule has 2 aliphatic rings. The van der Waals surface area contributed by atoms with Crippen molar-refractivity contribution in [2.24, 2.45) is 5.10 Å². The van der Waals surface area contributed by atoms with Gasteiger partial charge in [0.25, 0.3) is 5.91 Å². The molecule has 3 rings (SSSR count). The van der Waals surface area contributed by atoms with Crippen molar-refractivity contribution in [1.82, 2.24) is 5.01 Å². The number of carbonyl (C=O) groups is 2. The van der Waals surface area contributed by atoms with Gasteiger partial charge in [0.15, 0.2) is 9.84 Å². The van der Waals surface area contributed by atoms with E-state index in [0.29, 0.717) is 17.7 Å². The lowest BCUT2D eigenvalue weighted by Gasteiger charge is -2.27. The van der Waals surface area contributed by atoms with Gasteiger partial charge in [-0.2, -0.15) is 10.4 Å². The van der Waals surface area contributed by atoms with Crippen LogP contribution in [0.2, 0.25) is 0 Å². The predicted molar refractivity (Wildman–Crippen MR) is 90.4 cm³/mol. The normalized spacial score (nSPS) is 22.2. The molecule has 0 unspecified atom stereocenters. The minimum absolute atomic E-state index is 0.0315. The molecule has 2 aliphatic heterocycles. The van der Waals surface area contributed by atoms with Crippen molar-refractivity contribution < 1.29 is 18.0 Å². The molecular weight excluding hydrogens is 344 g/mol. The molecule has 9 heteroatoms. The average molecular weight is 360 g/mol. The molecule has 0 saturated carbocycles. The molecule has 2 heterocycles. The van der Waals surface area contributed by atoms with Crippen molar-refractivity contribution in [1.29, 1.82) is 5.26 Å². The van der Waals surface area contributed by atoms with Crippen LogP contribution < -0.4 is 5.32 Å². The van der Waals surface area contributed by atoms with Crippen LogP contribution in [0, 0.1) is 11.3 Å². The molecule has 0 radical (unpaired) electrons. The molecule has 0 bridgehead atoms. The number of nitrogens with zero attached hydrogens (tertiary/aromatic N) is 3. The number of hydrazone groups is 1. The van der Waals surface area contributed by atoms with E-state index in [1.807, 2.05) is 6.07 Å². The van der Waals surface area contributed by atoms with Crippen LogP contribution >= 0.6 is 0 Å². The fraction of sp³-hybridized carbons (Fsp3) is 0.375. The quantitative estimate of drug-likeness (QED) is 0.849. The number of hydrogen-bond acceptors (Lipinski definition) is 6. The van der Waals surface area contributed by atoms with Crippen molar-refractivity contribution in [3.63, 3.8) is 0 Å². The van der Waals surface area contributed by atoms with Crippen LogP contribution in [0.3, 0.4) is 0 Å². The smallest absolute Gasteiger partial charge is 0.271 e. The van der Waals surface area contributed by atoms with E-state index in [0.717, 1.165) is 5.01 Å². The lowest BCUT2D eigenvalue weighted by Crippen LogP contribution is -2.42. The van der Waals surface area contributed by atoms with Gasteiger partial charge in [0, 0.05) is 18.5 Å². The van der Waals surface area contributed by atoms with Crippen LogP contribution in [0.4, 0.5) is 5.69 Å². The third kappa shape index (κ3) is 3.85. The highest BCUT2D eigenvalue weighted by Crippen LogP contribution is 2.22. The minimum Gasteiger partial charge on any atom is -0.321 e. The summed E-state index contributed by atoms with van der Waals surface area (Å²) in [7, 11) is -3.15. The summed E-state index contributed by atoms with van der Waals surface area (Å²) in [6, 6.07) is 7.85. The number of sulfone groups is 1. The Hall–Kier alpha value is -2.73. The molecule has 0 spiro atoms. The zero-order chi connectivity index (χ0) is 18.0. The molecule has 25 heavy (non-hydrogen) atoms. The Morgan fingerprint density at radius 3 is 2.60 bits per heavy atom.